The molecule has 5 aliphatic rings. The Labute approximate surface area is 354 Å². The summed E-state index contributed by atoms with van der Waals surface area (Å²) in [7, 11) is -1.95. The van der Waals surface area contributed by atoms with E-state index in [0.29, 0.717) is 0 Å². The molecule has 1 heteroatoms. The van der Waals surface area contributed by atoms with Crippen LogP contribution in [0, 0.1) is 0 Å². The molecule has 3 aliphatic carbocycles. The van der Waals surface area contributed by atoms with Crippen molar-refractivity contribution >= 4 is 56.7 Å². The average molecular weight is 783 g/mol. The highest BCUT2D eigenvalue weighted by molar-refractivity contribution is 7.00. The van der Waals surface area contributed by atoms with Crippen molar-refractivity contribution in [2.24, 2.45) is 0 Å². The number of hydrogen-bond acceptors (Lipinski definition) is 0. The molecule has 0 atom stereocenters. The molecule has 0 radical (unpaired) electrons. The van der Waals surface area contributed by atoms with Gasteiger partial charge in [0.15, 0.2) is 0 Å². The molecule has 0 saturated heterocycles. The summed E-state index contributed by atoms with van der Waals surface area (Å²) in [5.74, 6) is 0. The van der Waals surface area contributed by atoms with Crippen molar-refractivity contribution in [3.05, 3.63) is 208 Å². The number of benzene rings is 8. The lowest BCUT2D eigenvalue weighted by Crippen LogP contribution is -2.49. The smallest absolute Gasteiger partial charge is 0.0843 e. The predicted octanol–water partition coefficient (Wildman–Crippen LogP) is 14.7. The number of allylic oxidation sites excluding steroid dienone is 8. The molecule has 0 bridgehead atoms. The monoisotopic (exact) mass is 782 g/mol. The second-order valence-electron chi connectivity index (χ2n) is 18.6. The third-order valence-corrected chi connectivity index (χ3v) is 20.1. The fourth-order valence-corrected chi connectivity index (χ4v) is 18.0. The number of hydrogen-bond donors (Lipinski definition) is 0. The van der Waals surface area contributed by atoms with E-state index in [1.54, 1.807) is 27.1 Å². The lowest BCUT2D eigenvalue weighted by molar-refractivity contribution is 0.651. The molecule has 0 aromatic heterocycles. The summed E-state index contributed by atoms with van der Waals surface area (Å²) < 4.78 is 0. The van der Waals surface area contributed by atoms with Crippen molar-refractivity contribution in [2.75, 3.05) is 0 Å². The van der Waals surface area contributed by atoms with Crippen LogP contribution in [0.15, 0.2) is 181 Å². The van der Waals surface area contributed by atoms with E-state index in [0.717, 1.165) is 25.7 Å². The lowest BCUT2D eigenvalue weighted by atomic mass is 9.79. The maximum atomic E-state index is 2.62. The normalized spacial score (nSPS) is 17.8. The molecule has 13 rings (SSSR count). The summed E-state index contributed by atoms with van der Waals surface area (Å²) in [6, 6.07) is 59.1. The molecular formula is C59H46Si. The summed E-state index contributed by atoms with van der Waals surface area (Å²) >= 11 is 0. The molecule has 0 nitrogen and oxygen atoms in total. The highest BCUT2D eigenvalue weighted by Crippen LogP contribution is 2.53. The van der Waals surface area contributed by atoms with Crippen LogP contribution in [0.1, 0.15) is 67.3 Å². The molecule has 0 unspecified atom stereocenters. The quantitative estimate of drug-likeness (QED) is 0.124. The molecule has 2 aliphatic heterocycles. The van der Waals surface area contributed by atoms with Gasteiger partial charge in [0.25, 0.3) is 0 Å². The van der Waals surface area contributed by atoms with E-state index >= 15 is 0 Å². The Hall–Kier alpha value is -6.28. The first-order chi connectivity index (χ1) is 29.5. The lowest BCUT2D eigenvalue weighted by Gasteiger charge is -2.26. The molecule has 8 aromatic carbocycles. The van der Waals surface area contributed by atoms with Gasteiger partial charge in [-0.05, 0) is 183 Å². The van der Waals surface area contributed by atoms with Crippen molar-refractivity contribution in [1.82, 2.24) is 0 Å². The van der Waals surface area contributed by atoms with E-state index in [1.165, 1.54) is 106 Å². The zero-order valence-electron chi connectivity index (χ0n) is 34.4. The van der Waals surface area contributed by atoms with E-state index in [9.17, 15) is 0 Å². The molecule has 0 amide bonds. The van der Waals surface area contributed by atoms with E-state index in [1.807, 2.05) is 0 Å². The Morgan fingerprint density at radius 1 is 0.467 bits per heavy atom. The third kappa shape index (κ3) is 4.79. The molecular weight excluding hydrogens is 737 g/mol. The van der Waals surface area contributed by atoms with Crippen LogP contribution < -0.4 is 5.19 Å². The Kier molecular flexibility index (Phi) is 7.27. The third-order valence-electron chi connectivity index (χ3n) is 15.2. The van der Waals surface area contributed by atoms with Crippen LogP contribution in [0.5, 0.6) is 0 Å². The molecule has 8 aromatic rings. The minimum absolute atomic E-state index is 0.0110. The molecule has 2 heterocycles. The second-order valence-corrected chi connectivity index (χ2v) is 22.6. The largest absolute Gasteiger partial charge is 0.127 e. The Balaban J connectivity index is 1.07. The number of fused-ring (bicyclic) bond motifs is 10. The van der Waals surface area contributed by atoms with Crippen LogP contribution >= 0.6 is 0 Å². The first kappa shape index (κ1) is 34.6. The first-order valence-corrected chi connectivity index (χ1v) is 24.5. The Morgan fingerprint density at radius 2 is 1.07 bits per heavy atom. The summed E-state index contributed by atoms with van der Waals surface area (Å²) in [5, 5.41) is 11.2. The molecule has 1 spiro atoms. The van der Waals surface area contributed by atoms with Gasteiger partial charge >= 0.3 is 0 Å². The minimum Gasteiger partial charge on any atom is -0.0843 e. The van der Waals surface area contributed by atoms with Crippen LogP contribution in [-0.4, -0.2) is 8.07 Å². The van der Waals surface area contributed by atoms with Gasteiger partial charge in [0.2, 0.25) is 0 Å². The van der Waals surface area contributed by atoms with E-state index in [4.69, 9.17) is 0 Å². The zero-order valence-corrected chi connectivity index (χ0v) is 35.4. The summed E-state index contributed by atoms with van der Waals surface area (Å²) in [5.41, 5.74) is 20.1. The van der Waals surface area contributed by atoms with Gasteiger partial charge in [0, 0.05) is 5.41 Å². The Morgan fingerprint density at radius 3 is 1.87 bits per heavy atom. The van der Waals surface area contributed by atoms with Gasteiger partial charge < -0.3 is 0 Å². The maximum Gasteiger partial charge on any atom is 0.127 e. The standard InChI is InChI=1S/C59H46Si/c1-59(2)53-21-11-9-17-45(53)50-33-41(26-29-54(50)59)58-48-20-8-7-19-47(48)57(49-28-25-40(32-52(49)58)39-24-23-37-13-3-4-14-38(37)31-39)42-27-30-56-51(34-42)46-18-10-12-22-55(46)60(56)35-43-15-5-6-16-44(43)36-60/h3-8,11-16,19-34H,9-10,17-18,35-36H2,1-2H3. The topological polar surface area (TPSA) is 0 Å². The van der Waals surface area contributed by atoms with Crippen molar-refractivity contribution in [3.8, 4) is 33.4 Å². The van der Waals surface area contributed by atoms with Gasteiger partial charge in [-0.3, -0.25) is 0 Å². The van der Waals surface area contributed by atoms with Gasteiger partial charge in [-0.1, -0.05) is 159 Å². The van der Waals surface area contributed by atoms with Gasteiger partial charge in [-0.15, -0.1) is 0 Å². The van der Waals surface area contributed by atoms with Crippen LogP contribution in [0.2, 0.25) is 0 Å². The van der Waals surface area contributed by atoms with Gasteiger partial charge in [-0.25, -0.2) is 0 Å². The minimum atomic E-state index is -1.95. The predicted molar refractivity (Wildman–Crippen MR) is 258 cm³/mol. The van der Waals surface area contributed by atoms with Crippen LogP contribution in [-0.2, 0) is 17.5 Å². The van der Waals surface area contributed by atoms with Crippen LogP contribution in [0.4, 0.5) is 0 Å². The summed E-state index contributed by atoms with van der Waals surface area (Å²) in [6.07, 6.45) is 14.3. The molecule has 60 heavy (non-hydrogen) atoms. The zero-order chi connectivity index (χ0) is 39.7. The van der Waals surface area contributed by atoms with Crippen LogP contribution in [0.25, 0.3) is 76.8 Å². The molecule has 0 fully saturated rings. The van der Waals surface area contributed by atoms with Crippen molar-refractivity contribution in [2.45, 2.75) is 57.0 Å². The Bertz CT molecular complexity index is 3320. The highest BCUT2D eigenvalue weighted by atomic mass is 28.3. The van der Waals surface area contributed by atoms with Crippen molar-refractivity contribution in [3.63, 3.8) is 0 Å². The SMILES string of the molecule is CC1(C)C2=C(CCC=C2)c2cc(-c3c4ccccc4c(-c4ccc5c(c4)C4=C(C=CCC4)[Si]54Cc5ccccc5C4)c4ccc(-c5ccc6ccccc6c5)cc34)ccc21. The van der Waals surface area contributed by atoms with Gasteiger partial charge in [-0.2, -0.15) is 0 Å². The molecule has 0 saturated carbocycles. The first-order valence-electron chi connectivity index (χ1n) is 22.1. The number of rotatable bonds is 3. The molecule has 286 valence electrons. The van der Waals surface area contributed by atoms with Gasteiger partial charge in [0.1, 0.15) is 8.07 Å². The summed E-state index contributed by atoms with van der Waals surface area (Å²) in [4.78, 5) is 0. The fourth-order valence-electron chi connectivity index (χ4n) is 12.4. The van der Waals surface area contributed by atoms with Crippen LogP contribution in [0.3, 0.4) is 0 Å². The van der Waals surface area contributed by atoms with E-state index < -0.39 is 8.07 Å². The van der Waals surface area contributed by atoms with E-state index in [2.05, 4.69) is 184 Å². The summed E-state index contributed by atoms with van der Waals surface area (Å²) in [6.45, 7) is 4.82. The van der Waals surface area contributed by atoms with Crippen molar-refractivity contribution < 1.29 is 0 Å². The second kappa shape index (κ2) is 12.6. The molecule has 0 N–H and O–H groups in total. The fraction of sp³-hybridized carbons (Fsp3) is 0.153. The maximum absolute atomic E-state index is 2.62. The van der Waals surface area contributed by atoms with Crippen molar-refractivity contribution in [1.29, 1.82) is 0 Å². The average Bonchev–Trinajstić information content (AvgIpc) is 3.90. The van der Waals surface area contributed by atoms with Gasteiger partial charge in [0.05, 0.1) is 0 Å². The van der Waals surface area contributed by atoms with E-state index in [-0.39, 0.29) is 5.41 Å². The highest BCUT2D eigenvalue weighted by Gasteiger charge is 2.50.